The van der Waals surface area contributed by atoms with Crippen LogP contribution in [0.5, 0.6) is 11.6 Å². The molecular formula is C24H17N5O2. The molecule has 5 rings (SSSR count). The quantitative estimate of drug-likeness (QED) is 0.450. The van der Waals surface area contributed by atoms with Gasteiger partial charge in [0.15, 0.2) is 5.82 Å². The van der Waals surface area contributed by atoms with Crippen molar-refractivity contribution in [2.45, 2.75) is 0 Å². The van der Waals surface area contributed by atoms with Crippen molar-refractivity contribution < 1.29 is 9.53 Å². The molecule has 5 aromatic rings. The Morgan fingerprint density at radius 3 is 2.52 bits per heavy atom. The lowest BCUT2D eigenvalue weighted by Gasteiger charge is -2.09. The Morgan fingerprint density at radius 2 is 1.71 bits per heavy atom. The van der Waals surface area contributed by atoms with E-state index in [1.165, 1.54) is 6.33 Å². The zero-order chi connectivity index (χ0) is 21.0. The number of anilines is 1. The van der Waals surface area contributed by atoms with Gasteiger partial charge in [0, 0.05) is 29.7 Å². The van der Waals surface area contributed by atoms with Crippen LogP contribution in [-0.4, -0.2) is 25.7 Å². The van der Waals surface area contributed by atoms with Crippen molar-refractivity contribution in [3.63, 3.8) is 0 Å². The van der Waals surface area contributed by atoms with Crippen molar-refractivity contribution >= 4 is 22.4 Å². The van der Waals surface area contributed by atoms with Crippen LogP contribution in [0.2, 0.25) is 0 Å². The first-order valence-electron chi connectivity index (χ1n) is 9.65. The predicted octanol–water partition coefficient (Wildman–Crippen LogP) is 4.86. The van der Waals surface area contributed by atoms with E-state index in [-0.39, 0.29) is 5.91 Å². The zero-order valence-corrected chi connectivity index (χ0v) is 16.3. The van der Waals surface area contributed by atoms with E-state index in [2.05, 4.69) is 20.4 Å². The maximum absolute atomic E-state index is 12.6. The number of carbonyl (C=O) groups is 1. The third-order valence-electron chi connectivity index (χ3n) is 4.71. The Hall–Kier alpha value is -4.52. The van der Waals surface area contributed by atoms with E-state index in [1.54, 1.807) is 47.4 Å². The van der Waals surface area contributed by atoms with Gasteiger partial charge in [-0.1, -0.05) is 30.3 Å². The molecule has 0 atom stereocenters. The van der Waals surface area contributed by atoms with Crippen molar-refractivity contribution in [1.82, 2.24) is 19.7 Å². The largest absolute Gasteiger partial charge is 0.439 e. The van der Waals surface area contributed by atoms with Crippen molar-refractivity contribution in [3.8, 4) is 17.4 Å². The SMILES string of the molecule is O=C(Nc1ccc(Oc2cc(-n3cccn3)ncn2)cc1)c1ccc2ccccc2c1. The van der Waals surface area contributed by atoms with Gasteiger partial charge in [0.1, 0.15) is 12.1 Å². The maximum atomic E-state index is 12.6. The number of hydrogen-bond donors (Lipinski definition) is 1. The summed E-state index contributed by atoms with van der Waals surface area (Å²) in [5.74, 6) is 1.43. The Morgan fingerprint density at radius 1 is 0.871 bits per heavy atom. The third kappa shape index (κ3) is 4.11. The summed E-state index contributed by atoms with van der Waals surface area (Å²) in [6.07, 6.45) is 4.89. The lowest BCUT2D eigenvalue weighted by atomic mass is 10.1. The number of aromatic nitrogens is 4. The molecule has 2 aromatic heterocycles. The molecule has 3 aromatic carbocycles. The van der Waals surface area contributed by atoms with E-state index in [9.17, 15) is 4.79 Å². The summed E-state index contributed by atoms with van der Waals surface area (Å²) in [6, 6.07) is 24.2. The molecule has 0 saturated heterocycles. The first kappa shape index (κ1) is 18.5. The molecule has 1 amide bonds. The fraction of sp³-hybridized carbons (Fsp3) is 0. The smallest absolute Gasteiger partial charge is 0.255 e. The molecule has 1 N–H and O–H groups in total. The van der Waals surface area contributed by atoms with E-state index >= 15 is 0 Å². The van der Waals surface area contributed by atoms with Gasteiger partial charge >= 0.3 is 0 Å². The lowest BCUT2D eigenvalue weighted by molar-refractivity contribution is 0.102. The molecule has 7 nitrogen and oxygen atoms in total. The molecule has 31 heavy (non-hydrogen) atoms. The topological polar surface area (TPSA) is 81.9 Å². The van der Waals surface area contributed by atoms with Gasteiger partial charge in [-0.05, 0) is 53.2 Å². The fourth-order valence-corrected chi connectivity index (χ4v) is 3.18. The summed E-state index contributed by atoms with van der Waals surface area (Å²) in [6.45, 7) is 0. The van der Waals surface area contributed by atoms with Crippen molar-refractivity contribution in [3.05, 3.63) is 103 Å². The van der Waals surface area contributed by atoms with Gasteiger partial charge in [-0.3, -0.25) is 4.79 Å². The van der Waals surface area contributed by atoms with E-state index < -0.39 is 0 Å². The monoisotopic (exact) mass is 407 g/mol. The number of ether oxygens (including phenoxy) is 1. The van der Waals surface area contributed by atoms with E-state index in [4.69, 9.17) is 4.74 Å². The van der Waals surface area contributed by atoms with Gasteiger partial charge in [-0.2, -0.15) is 5.10 Å². The third-order valence-corrected chi connectivity index (χ3v) is 4.71. The number of nitrogens with one attached hydrogen (secondary N) is 1. The highest BCUT2D eigenvalue weighted by atomic mass is 16.5. The van der Waals surface area contributed by atoms with Crippen LogP contribution in [-0.2, 0) is 0 Å². The maximum Gasteiger partial charge on any atom is 0.255 e. The second kappa shape index (κ2) is 8.08. The molecule has 7 heteroatoms. The van der Waals surface area contributed by atoms with Crippen LogP contribution in [0.15, 0.2) is 97.6 Å². The molecule has 0 spiro atoms. The molecular weight excluding hydrogens is 390 g/mol. The average Bonchev–Trinajstić information content (AvgIpc) is 3.35. The molecule has 0 bridgehead atoms. The Kier molecular flexibility index (Phi) is 4.82. The number of carbonyl (C=O) groups excluding carboxylic acids is 1. The minimum absolute atomic E-state index is 0.168. The first-order chi connectivity index (χ1) is 15.2. The van der Waals surface area contributed by atoms with Gasteiger partial charge in [0.2, 0.25) is 5.88 Å². The summed E-state index contributed by atoms with van der Waals surface area (Å²) < 4.78 is 7.43. The Bertz CT molecular complexity index is 1350. The fourth-order valence-electron chi connectivity index (χ4n) is 3.18. The molecule has 0 radical (unpaired) electrons. The van der Waals surface area contributed by atoms with Gasteiger partial charge < -0.3 is 10.1 Å². The molecule has 0 aliphatic rings. The number of fused-ring (bicyclic) bond motifs is 1. The van der Waals surface area contributed by atoms with Crippen molar-refractivity contribution in [1.29, 1.82) is 0 Å². The summed E-state index contributed by atoms with van der Waals surface area (Å²) in [7, 11) is 0. The first-order valence-corrected chi connectivity index (χ1v) is 9.65. The van der Waals surface area contributed by atoms with Crippen molar-refractivity contribution in [2.24, 2.45) is 0 Å². The highest BCUT2D eigenvalue weighted by Crippen LogP contribution is 2.23. The summed E-state index contributed by atoms with van der Waals surface area (Å²) >= 11 is 0. The second-order valence-electron chi connectivity index (χ2n) is 6.81. The van der Waals surface area contributed by atoms with Gasteiger partial charge in [0.25, 0.3) is 5.91 Å². The van der Waals surface area contributed by atoms with Crippen LogP contribution in [0.3, 0.4) is 0 Å². The highest BCUT2D eigenvalue weighted by molar-refractivity contribution is 6.06. The van der Waals surface area contributed by atoms with Gasteiger partial charge in [-0.25, -0.2) is 14.6 Å². The minimum atomic E-state index is -0.168. The van der Waals surface area contributed by atoms with Gasteiger partial charge in [0.05, 0.1) is 0 Å². The number of nitrogens with zero attached hydrogens (tertiary/aromatic N) is 4. The number of rotatable bonds is 5. The number of hydrogen-bond acceptors (Lipinski definition) is 5. The lowest BCUT2D eigenvalue weighted by Crippen LogP contribution is -2.11. The second-order valence-corrected chi connectivity index (χ2v) is 6.81. The molecule has 0 aliphatic heterocycles. The molecule has 0 unspecified atom stereocenters. The van der Waals surface area contributed by atoms with E-state index in [0.29, 0.717) is 28.7 Å². The number of benzene rings is 3. The molecule has 150 valence electrons. The van der Waals surface area contributed by atoms with Crippen LogP contribution in [0.25, 0.3) is 16.6 Å². The number of amides is 1. The van der Waals surface area contributed by atoms with Crippen molar-refractivity contribution in [2.75, 3.05) is 5.32 Å². The van der Waals surface area contributed by atoms with Crippen LogP contribution in [0.4, 0.5) is 5.69 Å². The molecule has 0 saturated carbocycles. The van der Waals surface area contributed by atoms with E-state index in [0.717, 1.165) is 10.8 Å². The average molecular weight is 407 g/mol. The van der Waals surface area contributed by atoms with Crippen LogP contribution in [0.1, 0.15) is 10.4 Å². The summed E-state index contributed by atoms with van der Waals surface area (Å²) in [4.78, 5) is 20.9. The van der Waals surface area contributed by atoms with E-state index in [1.807, 2.05) is 48.5 Å². The van der Waals surface area contributed by atoms with Crippen LogP contribution < -0.4 is 10.1 Å². The van der Waals surface area contributed by atoms with Crippen LogP contribution >= 0.6 is 0 Å². The minimum Gasteiger partial charge on any atom is -0.439 e. The Balaban J connectivity index is 1.27. The van der Waals surface area contributed by atoms with Crippen LogP contribution in [0, 0.1) is 0 Å². The predicted molar refractivity (Wildman–Crippen MR) is 118 cm³/mol. The summed E-state index contributed by atoms with van der Waals surface area (Å²) in [5.41, 5.74) is 1.27. The highest BCUT2D eigenvalue weighted by Gasteiger charge is 2.08. The molecule has 2 heterocycles. The molecule has 0 aliphatic carbocycles. The zero-order valence-electron chi connectivity index (χ0n) is 16.3. The molecule has 0 fully saturated rings. The van der Waals surface area contributed by atoms with Gasteiger partial charge in [-0.15, -0.1) is 0 Å². The Labute approximate surface area is 178 Å². The standard InChI is InChI=1S/C24H17N5O2/c30-24(19-7-6-17-4-1-2-5-18(17)14-19)28-20-8-10-21(11-9-20)31-23-15-22(25-16-26-23)29-13-3-12-27-29/h1-16H,(H,28,30). The normalized spacial score (nSPS) is 10.7. The summed E-state index contributed by atoms with van der Waals surface area (Å²) in [5, 5.41) is 9.18.